The number of rotatable bonds is 5. The number of nitrogens with two attached hydrogens (primary N) is 1. The number of halogens is 3. The molecule has 0 heterocycles. The molecular formula is C15H18F3N3. The van der Waals surface area contributed by atoms with Gasteiger partial charge in [0.15, 0.2) is 0 Å². The molecule has 0 bridgehead atoms. The van der Waals surface area contributed by atoms with Crippen molar-refractivity contribution in [2.75, 3.05) is 5.32 Å². The Morgan fingerprint density at radius 2 is 1.90 bits per heavy atom. The Labute approximate surface area is 122 Å². The zero-order chi connectivity index (χ0) is 16.0. The second-order valence-corrected chi connectivity index (χ2v) is 4.50. The highest BCUT2D eigenvalue weighted by molar-refractivity contribution is 5.80. The topological polar surface area (TPSA) is 50.4 Å². The second kappa shape index (κ2) is 7.08. The summed E-state index contributed by atoms with van der Waals surface area (Å²) in [6.07, 6.45) is -1.12. The molecule has 3 nitrogen and oxygen atoms in total. The number of nitrogens with zero attached hydrogens (tertiary/aromatic N) is 1. The maximum absolute atomic E-state index is 12.5. The van der Waals surface area contributed by atoms with Gasteiger partial charge >= 0.3 is 6.18 Å². The van der Waals surface area contributed by atoms with Crippen molar-refractivity contribution < 1.29 is 13.2 Å². The Hall–Kier alpha value is -2.08. The fourth-order valence-corrected chi connectivity index (χ4v) is 1.34. The van der Waals surface area contributed by atoms with Crippen molar-refractivity contribution in [3.63, 3.8) is 0 Å². The van der Waals surface area contributed by atoms with Gasteiger partial charge in [0.1, 0.15) is 5.82 Å². The number of aliphatic imine (C=N–C) groups is 1. The first-order chi connectivity index (χ1) is 9.74. The summed E-state index contributed by atoms with van der Waals surface area (Å²) in [6.45, 7) is 7.30. The Balaban J connectivity index is 2.77. The molecule has 0 saturated heterocycles. The van der Waals surface area contributed by atoms with Crippen molar-refractivity contribution in [1.29, 1.82) is 0 Å². The van der Waals surface area contributed by atoms with Gasteiger partial charge in [-0.3, -0.25) is 0 Å². The van der Waals surface area contributed by atoms with Gasteiger partial charge in [0.05, 0.1) is 5.56 Å². The lowest BCUT2D eigenvalue weighted by molar-refractivity contribution is -0.137. The number of hydrogen-bond acceptors (Lipinski definition) is 3. The van der Waals surface area contributed by atoms with Crippen molar-refractivity contribution in [3.05, 3.63) is 53.9 Å². The van der Waals surface area contributed by atoms with Crippen LogP contribution in [0.15, 0.2) is 53.3 Å². The van der Waals surface area contributed by atoms with Crippen molar-refractivity contribution >= 4 is 11.9 Å². The SMILES string of the molecule is C=C(/C=N\C(=C/C)Nc1ccc(C(F)(F)F)cc1)C(C)N. The molecule has 114 valence electrons. The normalized spacial score (nSPS) is 14.3. The van der Waals surface area contributed by atoms with Crippen LogP contribution in [0.2, 0.25) is 0 Å². The zero-order valence-corrected chi connectivity index (χ0v) is 11.9. The largest absolute Gasteiger partial charge is 0.416 e. The maximum atomic E-state index is 12.5. The lowest BCUT2D eigenvalue weighted by Gasteiger charge is -2.10. The van der Waals surface area contributed by atoms with Crippen molar-refractivity contribution in [3.8, 4) is 0 Å². The van der Waals surface area contributed by atoms with Gasteiger partial charge in [-0.15, -0.1) is 0 Å². The summed E-state index contributed by atoms with van der Waals surface area (Å²) in [5.74, 6) is 0.497. The quantitative estimate of drug-likeness (QED) is 0.808. The average Bonchev–Trinajstić information content (AvgIpc) is 2.42. The Kier molecular flexibility index (Phi) is 5.72. The zero-order valence-electron chi connectivity index (χ0n) is 11.9. The predicted octanol–water partition coefficient (Wildman–Crippen LogP) is 3.95. The summed E-state index contributed by atoms with van der Waals surface area (Å²) in [7, 11) is 0. The van der Waals surface area contributed by atoms with Gasteiger partial charge in [-0.2, -0.15) is 13.2 Å². The van der Waals surface area contributed by atoms with Gasteiger partial charge in [-0.25, -0.2) is 4.99 Å². The lowest BCUT2D eigenvalue weighted by atomic mass is 10.2. The van der Waals surface area contributed by atoms with Crippen LogP contribution >= 0.6 is 0 Å². The van der Waals surface area contributed by atoms with Gasteiger partial charge in [-0.05, 0) is 49.8 Å². The van der Waals surface area contributed by atoms with E-state index in [1.54, 1.807) is 19.9 Å². The van der Waals surface area contributed by atoms with E-state index in [-0.39, 0.29) is 6.04 Å². The van der Waals surface area contributed by atoms with Crippen LogP contribution in [0.25, 0.3) is 0 Å². The Bertz CT molecular complexity index is 540. The predicted molar refractivity (Wildman–Crippen MR) is 80.1 cm³/mol. The molecule has 21 heavy (non-hydrogen) atoms. The highest BCUT2D eigenvalue weighted by Gasteiger charge is 2.29. The third kappa shape index (κ3) is 5.43. The summed E-state index contributed by atoms with van der Waals surface area (Å²) >= 11 is 0. The standard InChI is InChI=1S/C15H18F3N3/c1-4-14(20-9-10(2)11(3)19)21-13-7-5-12(6-8-13)15(16,17)18/h4-9,11,21H,2,19H2,1,3H3/b14-4+,20-9-. The van der Waals surface area contributed by atoms with Gasteiger partial charge in [0.2, 0.25) is 0 Å². The number of nitrogens with one attached hydrogen (secondary N) is 1. The summed E-state index contributed by atoms with van der Waals surface area (Å²) in [6, 6.07) is 4.52. The lowest BCUT2D eigenvalue weighted by Crippen LogP contribution is -2.18. The summed E-state index contributed by atoms with van der Waals surface area (Å²) in [5, 5.41) is 2.92. The molecule has 3 N–H and O–H groups in total. The third-order valence-corrected chi connectivity index (χ3v) is 2.71. The van der Waals surface area contributed by atoms with E-state index in [1.165, 1.54) is 18.3 Å². The van der Waals surface area contributed by atoms with E-state index in [9.17, 15) is 13.2 Å². The van der Waals surface area contributed by atoms with E-state index in [1.807, 2.05) is 0 Å². The molecule has 0 aliphatic rings. The molecule has 0 aromatic heterocycles. The maximum Gasteiger partial charge on any atom is 0.416 e. The molecule has 0 amide bonds. The van der Waals surface area contributed by atoms with Gasteiger partial charge in [0.25, 0.3) is 0 Å². The first kappa shape index (κ1) is 17.0. The minimum Gasteiger partial charge on any atom is -0.341 e. The van der Waals surface area contributed by atoms with E-state index < -0.39 is 11.7 Å². The van der Waals surface area contributed by atoms with E-state index in [0.717, 1.165) is 12.1 Å². The minimum atomic E-state index is -4.34. The van der Waals surface area contributed by atoms with E-state index >= 15 is 0 Å². The molecular weight excluding hydrogens is 279 g/mol. The summed E-state index contributed by atoms with van der Waals surface area (Å²) in [4.78, 5) is 4.15. The van der Waals surface area contributed by atoms with E-state index in [0.29, 0.717) is 17.1 Å². The number of anilines is 1. The molecule has 0 fully saturated rings. The molecule has 0 radical (unpaired) electrons. The fourth-order valence-electron chi connectivity index (χ4n) is 1.34. The molecule has 6 heteroatoms. The van der Waals surface area contributed by atoms with Crippen LogP contribution in [0, 0.1) is 0 Å². The van der Waals surface area contributed by atoms with E-state index in [2.05, 4.69) is 16.9 Å². The van der Waals surface area contributed by atoms with Crippen molar-refractivity contribution in [2.45, 2.75) is 26.1 Å². The molecule has 0 saturated carbocycles. The van der Waals surface area contributed by atoms with Crippen LogP contribution in [0.1, 0.15) is 19.4 Å². The van der Waals surface area contributed by atoms with E-state index in [4.69, 9.17) is 5.73 Å². The molecule has 0 aliphatic carbocycles. The third-order valence-electron chi connectivity index (χ3n) is 2.71. The summed E-state index contributed by atoms with van der Waals surface area (Å²) < 4.78 is 37.4. The average molecular weight is 297 g/mol. The van der Waals surface area contributed by atoms with Crippen LogP contribution in [-0.4, -0.2) is 12.3 Å². The van der Waals surface area contributed by atoms with Crippen LogP contribution in [0.4, 0.5) is 18.9 Å². The van der Waals surface area contributed by atoms with Gasteiger partial charge in [0, 0.05) is 17.9 Å². The number of alkyl halides is 3. The van der Waals surface area contributed by atoms with Crippen LogP contribution < -0.4 is 11.1 Å². The number of benzene rings is 1. The molecule has 1 atom stereocenters. The smallest absolute Gasteiger partial charge is 0.341 e. The number of hydrogen-bond donors (Lipinski definition) is 2. The second-order valence-electron chi connectivity index (χ2n) is 4.50. The molecule has 1 rings (SSSR count). The Morgan fingerprint density at radius 3 is 2.33 bits per heavy atom. The molecule has 0 spiro atoms. The van der Waals surface area contributed by atoms with Crippen LogP contribution in [0.5, 0.6) is 0 Å². The first-order valence-corrected chi connectivity index (χ1v) is 6.33. The summed E-state index contributed by atoms with van der Waals surface area (Å²) in [5.41, 5.74) is 6.12. The molecule has 1 unspecified atom stereocenters. The monoisotopic (exact) mass is 297 g/mol. The molecule has 1 aromatic carbocycles. The van der Waals surface area contributed by atoms with Gasteiger partial charge < -0.3 is 11.1 Å². The minimum absolute atomic E-state index is 0.210. The molecule has 0 aliphatic heterocycles. The van der Waals surface area contributed by atoms with Crippen molar-refractivity contribution in [2.24, 2.45) is 10.7 Å². The highest BCUT2D eigenvalue weighted by Crippen LogP contribution is 2.30. The highest BCUT2D eigenvalue weighted by atomic mass is 19.4. The molecule has 1 aromatic rings. The van der Waals surface area contributed by atoms with Crippen LogP contribution in [-0.2, 0) is 6.18 Å². The van der Waals surface area contributed by atoms with Crippen LogP contribution in [0.3, 0.4) is 0 Å². The fraction of sp³-hybridized carbons (Fsp3) is 0.267. The van der Waals surface area contributed by atoms with Crippen molar-refractivity contribution in [1.82, 2.24) is 0 Å². The Morgan fingerprint density at radius 1 is 1.33 bits per heavy atom. The first-order valence-electron chi connectivity index (χ1n) is 6.33. The number of allylic oxidation sites excluding steroid dienone is 1. The van der Waals surface area contributed by atoms with Gasteiger partial charge in [-0.1, -0.05) is 6.58 Å².